The number of rotatable bonds is 4. The fraction of sp³-hybridized carbons (Fsp3) is 0.143. The van der Waals surface area contributed by atoms with E-state index < -0.39 is 6.04 Å². The van der Waals surface area contributed by atoms with Gasteiger partial charge in [-0.05, 0) is 23.8 Å². The number of hydrogen-bond acceptors (Lipinski definition) is 2. The third kappa shape index (κ3) is 3.10. The SMILES string of the molecule is Cn1ccnc1[C@H](NC(=O)c1cn(C)c2ccccc12)c1cccc(F)c1. The Labute approximate surface area is 156 Å². The van der Waals surface area contributed by atoms with Crippen LogP contribution in [0.5, 0.6) is 0 Å². The number of benzene rings is 2. The molecule has 0 aliphatic heterocycles. The van der Waals surface area contributed by atoms with Gasteiger partial charge >= 0.3 is 0 Å². The Hall–Kier alpha value is -3.41. The summed E-state index contributed by atoms with van der Waals surface area (Å²) in [6, 6.07) is 13.4. The van der Waals surface area contributed by atoms with E-state index in [0.29, 0.717) is 17.0 Å². The minimum Gasteiger partial charge on any atom is -0.350 e. The number of aryl methyl sites for hydroxylation is 2. The highest BCUT2D eigenvalue weighted by atomic mass is 19.1. The van der Waals surface area contributed by atoms with E-state index in [1.54, 1.807) is 30.7 Å². The van der Waals surface area contributed by atoms with Gasteiger partial charge in [0.15, 0.2) is 0 Å². The molecule has 5 nitrogen and oxygen atoms in total. The van der Waals surface area contributed by atoms with Crippen molar-refractivity contribution < 1.29 is 9.18 Å². The van der Waals surface area contributed by atoms with Gasteiger partial charge in [0, 0.05) is 43.6 Å². The average molecular weight is 362 g/mol. The number of carbonyl (C=O) groups excluding carboxylic acids is 1. The molecule has 0 aliphatic carbocycles. The average Bonchev–Trinajstić information content (AvgIpc) is 3.23. The van der Waals surface area contributed by atoms with E-state index in [1.165, 1.54) is 12.1 Å². The van der Waals surface area contributed by atoms with Gasteiger partial charge < -0.3 is 14.5 Å². The van der Waals surface area contributed by atoms with Crippen LogP contribution in [-0.2, 0) is 14.1 Å². The second-order valence-corrected chi connectivity index (χ2v) is 6.53. The summed E-state index contributed by atoms with van der Waals surface area (Å²) in [7, 11) is 3.75. The minimum absolute atomic E-state index is 0.232. The smallest absolute Gasteiger partial charge is 0.254 e. The van der Waals surface area contributed by atoms with Crippen LogP contribution in [0.3, 0.4) is 0 Å². The van der Waals surface area contributed by atoms with Crippen LogP contribution in [0.2, 0.25) is 0 Å². The number of halogens is 1. The van der Waals surface area contributed by atoms with E-state index >= 15 is 0 Å². The van der Waals surface area contributed by atoms with Gasteiger partial charge in [0.1, 0.15) is 17.7 Å². The third-order valence-electron chi connectivity index (χ3n) is 4.72. The maximum absolute atomic E-state index is 13.8. The number of hydrogen-bond donors (Lipinski definition) is 1. The van der Waals surface area contributed by atoms with E-state index in [1.807, 2.05) is 47.5 Å². The molecule has 4 aromatic rings. The molecule has 0 unspecified atom stereocenters. The third-order valence-corrected chi connectivity index (χ3v) is 4.72. The van der Waals surface area contributed by atoms with Gasteiger partial charge in [0.2, 0.25) is 0 Å². The molecule has 0 radical (unpaired) electrons. The van der Waals surface area contributed by atoms with Crippen LogP contribution in [0.4, 0.5) is 4.39 Å². The van der Waals surface area contributed by atoms with Crippen molar-refractivity contribution in [2.45, 2.75) is 6.04 Å². The molecule has 0 bridgehead atoms. The summed E-state index contributed by atoms with van der Waals surface area (Å²) in [4.78, 5) is 17.4. The van der Waals surface area contributed by atoms with Gasteiger partial charge in [-0.2, -0.15) is 0 Å². The maximum Gasteiger partial charge on any atom is 0.254 e. The Kier molecular flexibility index (Phi) is 4.24. The molecule has 2 aromatic carbocycles. The zero-order valence-electron chi connectivity index (χ0n) is 15.1. The first-order valence-electron chi connectivity index (χ1n) is 8.62. The standard InChI is InChI=1S/C21H19FN4O/c1-25-11-10-23-20(25)19(14-6-5-7-15(22)12-14)24-21(27)17-13-26(2)18-9-4-3-8-16(17)18/h3-13,19H,1-2H3,(H,24,27)/t19-/m1/s1. The molecule has 0 saturated carbocycles. The van der Waals surface area contributed by atoms with Crippen molar-refractivity contribution in [1.29, 1.82) is 0 Å². The molecular formula is C21H19FN4O. The Bertz CT molecular complexity index is 1130. The van der Waals surface area contributed by atoms with Gasteiger partial charge in [0.05, 0.1) is 5.56 Å². The van der Waals surface area contributed by atoms with E-state index in [4.69, 9.17) is 0 Å². The molecule has 1 atom stereocenters. The van der Waals surface area contributed by atoms with Gasteiger partial charge in [-0.1, -0.05) is 30.3 Å². The normalized spacial score (nSPS) is 12.3. The van der Waals surface area contributed by atoms with Crippen molar-refractivity contribution in [1.82, 2.24) is 19.4 Å². The topological polar surface area (TPSA) is 51.9 Å². The molecule has 0 saturated heterocycles. The lowest BCUT2D eigenvalue weighted by atomic mass is 10.0. The molecular weight excluding hydrogens is 343 g/mol. The largest absolute Gasteiger partial charge is 0.350 e. The van der Waals surface area contributed by atoms with Crippen LogP contribution in [-0.4, -0.2) is 20.0 Å². The molecule has 1 amide bonds. The Morgan fingerprint density at radius 3 is 2.67 bits per heavy atom. The van der Waals surface area contributed by atoms with Gasteiger partial charge in [0.25, 0.3) is 5.91 Å². The molecule has 2 aromatic heterocycles. The van der Waals surface area contributed by atoms with E-state index in [9.17, 15) is 9.18 Å². The fourth-order valence-corrected chi connectivity index (χ4v) is 3.37. The maximum atomic E-state index is 13.8. The lowest BCUT2D eigenvalue weighted by molar-refractivity contribution is 0.0942. The number of para-hydroxylation sites is 1. The number of nitrogens with zero attached hydrogens (tertiary/aromatic N) is 3. The van der Waals surface area contributed by atoms with E-state index in [2.05, 4.69) is 10.3 Å². The summed E-state index contributed by atoms with van der Waals surface area (Å²) in [5.41, 5.74) is 2.18. The summed E-state index contributed by atoms with van der Waals surface area (Å²) in [5, 5.41) is 3.89. The van der Waals surface area contributed by atoms with Crippen molar-refractivity contribution in [3.05, 3.63) is 89.9 Å². The molecule has 6 heteroatoms. The molecule has 1 N–H and O–H groups in total. The fourth-order valence-electron chi connectivity index (χ4n) is 3.37. The number of nitrogens with one attached hydrogen (secondary N) is 1. The summed E-state index contributed by atoms with van der Waals surface area (Å²) in [5.74, 6) is 0.0457. The molecule has 0 spiro atoms. The summed E-state index contributed by atoms with van der Waals surface area (Å²) >= 11 is 0. The summed E-state index contributed by atoms with van der Waals surface area (Å²) < 4.78 is 17.5. The monoisotopic (exact) mass is 362 g/mol. The van der Waals surface area contributed by atoms with Crippen LogP contribution in [0.1, 0.15) is 27.8 Å². The predicted octanol–water partition coefficient (Wildman–Crippen LogP) is 3.57. The highest BCUT2D eigenvalue weighted by Gasteiger charge is 2.23. The number of imidazole rings is 1. The number of amides is 1. The highest BCUT2D eigenvalue weighted by molar-refractivity contribution is 6.07. The zero-order chi connectivity index (χ0) is 19.0. The number of fused-ring (bicyclic) bond motifs is 1. The van der Waals surface area contributed by atoms with Crippen LogP contribution >= 0.6 is 0 Å². The Morgan fingerprint density at radius 1 is 1.11 bits per heavy atom. The first-order valence-corrected chi connectivity index (χ1v) is 8.62. The second kappa shape index (κ2) is 6.72. The predicted molar refractivity (Wildman–Crippen MR) is 102 cm³/mol. The van der Waals surface area contributed by atoms with Crippen molar-refractivity contribution in [2.75, 3.05) is 0 Å². The van der Waals surface area contributed by atoms with Crippen molar-refractivity contribution >= 4 is 16.8 Å². The number of carbonyl (C=O) groups is 1. The summed E-state index contributed by atoms with van der Waals surface area (Å²) in [6.07, 6.45) is 5.26. The Balaban J connectivity index is 1.75. The Morgan fingerprint density at radius 2 is 1.93 bits per heavy atom. The van der Waals surface area contributed by atoms with E-state index in [-0.39, 0.29) is 11.7 Å². The lowest BCUT2D eigenvalue weighted by Crippen LogP contribution is -2.31. The molecule has 2 heterocycles. The molecule has 27 heavy (non-hydrogen) atoms. The molecule has 4 rings (SSSR count). The van der Waals surface area contributed by atoms with Crippen LogP contribution in [0.15, 0.2) is 67.1 Å². The van der Waals surface area contributed by atoms with Crippen molar-refractivity contribution in [3.63, 3.8) is 0 Å². The first kappa shape index (κ1) is 17.0. The van der Waals surface area contributed by atoms with Gasteiger partial charge in [-0.25, -0.2) is 9.37 Å². The molecule has 0 aliphatic rings. The van der Waals surface area contributed by atoms with Gasteiger partial charge in [-0.3, -0.25) is 4.79 Å². The lowest BCUT2D eigenvalue weighted by Gasteiger charge is -2.19. The minimum atomic E-state index is -0.563. The van der Waals surface area contributed by atoms with Crippen molar-refractivity contribution in [2.24, 2.45) is 14.1 Å². The van der Waals surface area contributed by atoms with Crippen LogP contribution < -0.4 is 5.32 Å². The molecule has 0 fully saturated rings. The van der Waals surface area contributed by atoms with E-state index in [0.717, 1.165) is 10.9 Å². The highest BCUT2D eigenvalue weighted by Crippen LogP contribution is 2.24. The second-order valence-electron chi connectivity index (χ2n) is 6.53. The number of aromatic nitrogens is 3. The van der Waals surface area contributed by atoms with Gasteiger partial charge in [-0.15, -0.1) is 0 Å². The van der Waals surface area contributed by atoms with Crippen LogP contribution in [0, 0.1) is 5.82 Å². The van der Waals surface area contributed by atoms with Crippen molar-refractivity contribution in [3.8, 4) is 0 Å². The summed E-state index contributed by atoms with van der Waals surface area (Å²) in [6.45, 7) is 0. The quantitative estimate of drug-likeness (QED) is 0.603. The first-order chi connectivity index (χ1) is 13.0. The molecule has 136 valence electrons. The van der Waals surface area contributed by atoms with Crippen LogP contribution in [0.25, 0.3) is 10.9 Å². The zero-order valence-corrected chi connectivity index (χ0v) is 15.1.